The van der Waals surface area contributed by atoms with Crippen molar-refractivity contribution in [1.82, 2.24) is 14.9 Å². The van der Waals surface area contributed by atoms with Crippen molar-refractivity contribution in [2.45, 2.75) is 103 Å². The number of carbonyl (C=O) groups excluding carboxylic acids is 1. The molecule has 3 fully saturated rings. The number of nitrogens with one attached hydrogen (secondary N) is 1. The number of hydrogen-bond acceptors (Lipinski definition) is 7. The Morgan fingerprint density at radius 3 is 2.58 bits per heavy atom. The van der Waals surface area contributed by atoms with E-state index in [1.165, 1.54) is 0 Å². The van der Waals surface area contributed by atoms with E-state index in [2.05, 4.69) is 30.1 Å². The molecular formula is C22H42N4O4Si. The van der Waals surface area contributed by atoms with Crippen LogP contribution in [0.5, 0.6) is 0 Å². The molecule has 3 aliphatic rings. The molecule has 2 atom stereocenters. The van der Waals surface area contributed by atoms with Crippen LogP contribution in [0.2, 0.25) is 13.1 Å². The molecule has 0 saturated carbocycles. The van der Waals surface area contributed by atoms with Crippen LogP contribution in [0, 0.1) is 0 Å². The fourth-order valence-electron chi connectivity index (χ4n) is 4.49. The van der Waals surface area contributed by atoms with E-state index in [-0.39, 0.29) is 12.1 Å². The molecule has 3 heterocycles. The Balaban J connectivity index is 1.53. The van der Waals surface area contributed by atoms with Crippen molar-refractivity contribution in [3.8, 4) is 0 Å². The number of amides is 1. The Hall–Kier alpha value is -1.16. The van der Waals surface area contributed by atoms with Gasteiger partial charge in [0.05, 0.1) is 18.7 Å². The topological polar surface area (TPSA) is 75.6 Å². The molecule has 31 heavy (non-hydrogen) atoms. The number of fused-ring (bicyclic) bond motifs is 1. The van der Waals surface area contributed by atoms with Crippen molar-refractivity contribution in [2.24, 2.45) is 4.99 Å². The van der Waals surface area contributed by atoms with Gasteiger partial charge in [-0.2, -0.15) is 5.48 Å². The van der Waals surface area contributed by atoms with Gasteiger partial charge in [0.15, 0.2) is 5.90 Å². The number of nitrogens with zero attached hydrogens (tertiary/aromatic N) is 3. The molecule has 9 heteroatoms. The van der Waals surface area contributed by atoms with Crippen LogP contribution in [0.15, 0.2) is 4.99 Å². The molecule has 0 aromatic heterocycles. The average molecular weight is 455 g/mol. The van der Waals surface area contributed by atoms with E-state index < -0.39 is 14.1 Å². The van der Waals surface area contributed by atoms with E-state index in [1.807, 2.05) is 20.8 Å². The van der Waals surface area contributed by atoms with Gasteiger partial charge in [0.25, 0.3) is 0 Å². The smallest absolute Gasteiger partial charge is 0.410 e. The first-order chi connectivity index (χ1) is 14.6. The lowest BCUT2D eigenvalue weighted by molar-refractivity contribution is -0.000264. The number of aliphatic imine (C=N–C) groups is 1. The summed E-state index contributed by atoms with van der Waals surface area (Å²) in [5.74, 6) is 0.928. The molecule has 3 saturated heterocycles. The third-order valence-corrected chi connectivity index (χ3v) is 8.78. The van der Waals surface area contributed by atoms with Gasteiger partial charge in [0, 0.05) is 25.7 Å². The van der Waals surface area contributed by atoms with Crippen molar-refractivity contribution >= 4 is 20.5 Å². The zero-order valence-corrected chi connectivity index (χ0v) is 21.3. The van der Waals surface area contributed by atoms with Gasteiger partial charge in [-0.25, -0.2) is 4.79 Å². The average Bonchev–Trinajstić information content (AvgIpc) is 2.94. The Bertz CT molecular complexity index is 644. The fraction of sp³-hybridized carbons (Fsp3) is 0.909. The molecule has 0 aromatic carbocycles. The number of rotatable bonds is 6. The SMILES string of the molecule is CCCCON[C@@H]1CC[C@H]2/C(=N/C3CCN(C(=O)OC(C)(C)C)CC3)O[Si](C)(C)N2C1. The second-order valence-electron chi connectivity index (χ2n) is 10.5. The van der Waals surface area contributed by atoms with Gasteiger partial charge in [0.2, 0.25) is 0 Å². The minimum atomic E-state index is -1.98. The lowest BCUT2D eigenvalue weighted by Gasteiger charge is -2.37. The molecule has 0 unspecified atom stereocenters. The summed E-state index contributed by atoms with van der Waals surface area (Å²) >= 11 is 0. The molecule has 0 spiro atoms. The lowest BCUT2D eigenvalue weighted by Crippen LogP contribution is -2.57. The van der Waals surface area contributed by atoms with Gasteiger partial charge in [-0.15, -0.1) is 0 Å². The maximum Gasteiger partial charge on any atom is 0.410 e. The zero-order chi connectivity index (χ0) is 22.6. The lowest BCUT2D eigenvalue weighted by atomic mass is 10.0. The monoisotopic (exact) mass is 454 g/mol. The number of ether oxygens (including phenoxy) is 1. The highest BCUT2D eigenvalue weighted by Crippen LogP contribution is 2.33. The highest BCUT2D eigenvalue weighted by molar-refractivity contribution is 6.71. The normalized spacial score (nSPS) is 28.5. The Kier molecular flexibility index (Phi) is 8.04. The molecule has 0 aliphatic carbocycles. The van der Waals surface area contributed by atoms with Crippen molar-refractivity contribution in [3.05, 3.63) is 0 Å². The van der Waals surface area contributed by atoms with Crippen LogP contribution < -0.4 is 5.48 Å². The fourth-order valence-corrected chi connectivity index (χ4v) is 6.96. The van der Waals surface area contributed by atoms with Crippen LogP contribution in [0.4, 0.5) is 4.79 Å². The number of unbranched alkanes of at least 4 members (excludes halogenated alkanes) is 1. The van der Waals surface area contributed by atoms with Crippen LogP contribution in [-0.4, -0.2) is 79.9 Å². The molecule has 0 radical (unpaired) electrons. The predicted molar refractivity (Wildman–Crippen MR) is 124 cm³/mol. The van der Waals surface area contributed by atoms with Crippen molar-refractivity contribution in [2.75, 3.05) is 26.2 Å². The molecular weight excluding hydrogens is 412 g/mol. The van der Waals surface area contributed by atoms with Gasteiger partial charge in [-0.05, 0) is 66.0 Å². The third kappa shape index (κ3) is 6.66. The molecule has 0 aromatic rings. The van der Waals surface area contributed by atoms with Crippen LogP contribution in [0.1, 0.15) is 66.2 Å². The number of hydrogen-bond donors (Lipinski definition) is 1. The quantitative estimate of drug-likeness (QED) is 0.375. The molecule has 0 bridgehead atoms. The Labute approximate surface area is 188 Å². The van der Waals surface area contributed by atoms with Gasteiger partial charge >= 0.3 is 14.6 Å². The highest BCUT2D eigenvalue weighted by atomic mass is 28.4. The minimum absolute atomic E-state index is 0.215. The summed E-state index contributed by atoms with van der Waals surface area (Å²) in [4.78, 5) is 24.8. The summed E-state index contributed by atoms with van der Waals surface area (Å²) in [5.41, 5.74) is 2.81. The van der Waals surface area contributed by atoms with Crippen molar-refractivity contribution in [3.63, 3.8) is 0 Å². The maximum absolute atomic E-state index is 12.3. The molecule has 178 valence electrons. The zero-order valence-electron chi connectivity index (χ0n) is 20.3. The van der Waals surface area contributed by atoms with Crippen molar-refractivity contribution in [1.29, 1.82) is 0 Å². The maximum atomic E-state index is 12.3. The third-order valence-electron chi connectivity index (χ3n) is 6.19. The van der Waals surface area contributed by atoms with Gasteiger partial charge in [-0.3, -0.25) is 9.56 Å². The van der Waals surface area contributed by atoms with E-state index in [4.69, 9.17) is 19.0 Å². The molecule has 3 aliphatic heterocycles. The number of hydroxylamine groups is 1. The first-order valence-corrected chi connectivity index (χ1v) is 14.8. The summed E-state index contributed by atoms with van der Waals surface area (Å²) in [6.45, 7) is 15.5. The van der Waals surface area contributed by atoms with E-state index in [1.54, 1.807) is 4.90 Å². The van der Waals surface area contributed by atoms with E-state index in [9.17, 15) is 4.79 Å². The van der Waals surface area contributed by atoms with Crippen LogP contribution in [0.25, 0.3) is 0 Å². The first-order valence-electron chi connectivity index (χ1n) is 12.0. The summed E-state index contributed by atoms with van der Waals surface area (Å²) in [5, 5.41) is 0. The van der Waals surface area contributed by atoms with Crippen LogP contribution >= 0.6 is 0 Å². The van der Waals surface area contributed by atoms with Gasteiger partial charge in [-0.1, -0.05) is 13.3 Å². The van der Waals surface area contributed by atoms with Crippen molar-refractivity contribution < 1.29 is 18.8 Å². The van der Waals surface area contributed by atoms with Crippen LogP contribution in [0.3, 0.4) is 0 Å². The van der Waals surface area contributed by atoms with E-state index in [0.29, 0.717) is 25.2 Å². The van der Waals surface area contributed by atoms with Gasteiger partial charge < -0.3 is 18.9 Å². The number of carbonyl (C=O) groups is 1. The molecule has 1 amide bonds. The van der Waals surface area contributed by atoms with E-state index in [0.717, 1.165) is 57.6 Å². The Morgan fingerprint density at radius 1 is 1.23 bits per heavy atom. The molecule has 3 rings (SSSR count). The summed E-state index contributed by atoms with van der Waals surface area (Å²) in [6, 6.07) is 0.853. The highest BCUT2D eigenvalue weighted by Gasteiger charge is 2.51. The summed E-state index contributed by atoms with van der Waals surface area (Å²) in [7, 11) is -1.98. The number of piperidine rings is 2. The summed E-state index contributed by atoms with van der Waals surface area (Å²) in [6.07, 6.45) is 5.83. The largest absolute Gasteiger partial charge is 0.519 e. The van der Waals surface area contributed by atoms with Crippen LogP contribution in [-0.2, 0) is 14.0 Å². The number of likely N-dealkylation sites (tertiary alicyclic amines) is 1. The minimum Gasteiger partial charge on any atom is -0.519 e. The second-order valence-corrected chi connectivity index (χ2v) is 14.1. The standard InChI is InChI=1S/C22H42N4O4Si/c1-7-8-15-28-24-18-9-10-19-20(30-31(5,6)26(19)16-18)23-17-11-13-25(14-12-17)21(27)29-22(2,3)4/h17-19,24H,7-16H2,1-6H3/b23-20-/t18-,19+/m1/s1. The summed E-state index contributed by atoms with van der Waals surface area (Å²) < 4.78 is 14.5. The second kappa shape index (κ2) is 10.2. The Morgan fingerprint density at radius 2 is 1.94 bits per heavy atom. The molecule has 8 nitrogen and oxygen atoms in total. The predicted octanol–water partition coefficient (Wildman–Crippen LogP) is 3.67. The first kappa shape index (κ1) is 24.5. The van der Waals surface area contributed by atoms with Gasteiger partial charge in [0.1, 0.15) is 5.60 Å². The van der Waals surface area contributed by atoms with E-state index >= 15 is 0 Å². The molecule has 1 N–H and O–H groups in total.